The van der Waals surface area contributed by atoms with Crippen LogP contribution in [-0.4, -0.2) is 22.5 Å². The van der Waals surface area contributed by atoms with Gasteiger partial charge < -0.3 is 0 Å². The molecule has 0 aromatic carbocycles. The Kier molecular flexibility index (Phi) is 61.5. The van der Waals surface area contributed by atoms with Crippen molar-refractivity contribution in [3.63, 3.8) is 0 Å². The zero-order valence-corrected chi connectivity index (χ0v) is 8.91. The van der Waals surface area contributed by atoms with Crippen LogP contribution in [0, 0.1) is 0 Å². The van der Waals surface area contributed by atoms with Crippen molar-refractivity contribution in [1.29, 1.82) is 0 Å². The third kappa shape index (κ3) is 10.3. The predicted octanol–water partition coefficient (Wildman–Crippen LogP) is -0.621. The number of hydrogen-bond donors (Lipinski definition) is 0. The summed E-state index contributed by atoms with van der Waals surface area (Å²) < 4.78 is 16.8. The van der Waals surface area contributed by atoms with Crippen LogP contribution in [0.15, 0.2) is 0 Å². The molecule has 4 heteroatoms. The monoisotopic (exact) mass is 266 g/mol. The first-order valence-corrected chi connectivity index (χ1v) is 3.31. The maximum atomic E-state index is 8.42. The zero-order chi connectivity index (χ0) is 4.00. The van der Waals surface area contributed by atoms with E-state index in [9.17, 15) is 0 Å². The third-order valence-corrected chi connectivity index (χ3v) is 0. The summed E-state index contributed by atoms with van der Waals surface area (Å²) in [5, 5.41) is 0. The SMILES string of the molecule is [O]=[Cd].[O]=[Sn]. The van der Waals surface area contributed by atoms with Crippen molar-refractivity contribution in [2.24, 2.45) is 0 Å². The van der Waals surface area contributed by atoms with E-state index in [0.717, 1.165) is 0 Å². The van der Waals surface area contributed by atoms with Gasteiger partial charge in [-0.15, -0.1) is 0 Å². The van der Waals surface area contributed by atoms with E-state index >= 15 is 0 Å². The Morgan fingerprint density at radius 1 is 1.25 bits per heavy atom. The molecular formula is CdO2Sn. The van der Waals surface area contributed by atoms with Crippen LogP contribution >= 0.6 is 0 Å². The van der Waals surface area contributed by atoms with Crippen LogP contribution in [0.3, 0.4) is 0 Å². The molecular weight excluding hydrogens is 263 g/mol. The maximum absolute atomic E-state index is 8.42. The fraction of sp³-hybridized carbons (Fsp3) is 0. The van der Waals surface area contributed by atoms with Crippen LogP contribution in [0.25, 0.3) is 0 Å². The molecule has 0 fully saturated rings. The molecule has 0 aliphatic carbocycles. The van der Waals surface area contributed by atoms with Gasteiger partial charge in [-0.1, -0.05) is 0 Å². The van der Waals surface area contributed by atoms with E-state index in [1.54, 1.807) is 0 Å². The van der Waals surface area contributed by atoms with Gasteiger partial charge in [0.2, 0.25) is 0 Å². The van der Waals surface area contributed by atoms with Crippen molar-refractivity contribution in [3.8, 4) is 0 Å². The van der Waals surface area contributed by atoms with E-state index < -0.39 is 0 Å². The quantitative estimate of drug-likeness (QED) is 0.546. The molecule has 18 valence electrons. The van der Waals surface area contributed by atoms with E-state index in [4.69, 9.17) is 5.76 Å². The summed E-state index contributed by atoms with van der Waals surface area (Å²) in [5.41, 5.74) is 0. The van der Waals surface area contributed by atoms with Crippen LogP contribution < -0.4 is 0 Å². The molecule has 0 bridgehead atoms. The molecule has 0 unspecified atom stereocenters. The van der Waals surface area contributed by atoms with Crippen LogP contribution in [-0.2, 0) is 31.5 Å². The van der Waals surface area contributed by atoms with Crippen molar-refractivity contribution >= 4 is 22.5 Å². The summed E-state index contributed by atoms with van der Waals surface area (Å²) in [6.07, 6.45) is 0. The Balaban J connectivity index is 0. The first kappa shape index (κ1) is 9.01. The average Bonchev–Trinajstić information content (AvgIpc) is 1.50. The summed E-state index contributed by atoms with van der Waals surface area (Å²) in [7, 11) is 0. The molecule has 4 heavy (non-hydrogen) atoms. The minimum absolute atomic E-state index is 0.1000. The normalized spacial score (nSPS) is 2.50. The van der Waals surface area contributed by atoms with Gasteiger partial charge in [0, 0.05) is 0 Å². The summed E-state index contributed by atoms with van der Waals surface area (Å²) in [4.78, 5) is 0. The summed E-state index contributed by atoms with van der Waals surface area (Å²) in [6, 6.07) is 0. The Hall–Kier alpha value is 1.32. The predicted molar refractivity (Wildman–Crippen MR) is 7.13 cm³/mol. The van der Waals surface area contributed by atoms with Gasteiger partial charge in [0.15, 0.2) is 0 Å². The van der Waals surface area contributed by atoms with Gasteiger partial charge in [0.1, 0.15) is 0 Å². The van der Waals surface area contributed by atoms with E-state index in [-0.39, 0.29) is 25.8 Å². The van der Waals surface area contributed by atoms with Gasteiger partial charge >= 0.3 is 54.1 Å². The molecule has 0 aliphatic heterocycles. The average molecular weight is 263 g/mol. The van der Waals surface area contributed by atoms with E-state index in [2.05, 4.69) is 0 Å². The topological polar surface area (TPSA) is 34.1 Å². The van der Waals surface area contributed by atoms with Crippen LogP contribution in [0.5, 0.6) is 0 Å². The van der Waals surface area contributed by atoms with Gasteiger partial charge in [0.05, 0.1) is 0 Å². The molecule has 0 heterocycles. The second kappa shape index (κ2) is 27.3. The van der Waals surface area contributed by atoms with Gasteiger partial charge in [0.25, 0.3) is 0 Å². The molecule has 0 saturated carbocycles. The van der Waals surface area contributed by atoms with Crippen molar-refractivity contribution in [2.75, 3.05) is 0 Å². The molecule has 0 saturated heterocycles. The Bertz CT molecular complexity index is 8.00. The standard InChI is InChI=1S/Cd.2O.Sn. The molecule has 0 atom stereocenters. The molecule has 2 nitrogen and oxygen atoms in total. The second-order valence-corrected chi connectivity index (χ2v) is 0. The van der Waals surface area contributed by atoms with Crippen LogP contribution in [0.4, 0.5) is 0 Å². The summed E-state index contributed by atoms with van der Waals surface area (Å²) in [6.45, 7) is 0. The molecule has 0 N–H and O–H groups in total. The molecule has 0 spiro atoms. The molecule has 0 aromatic rings. The van der Waals surface area contributed by atoms with Gasteiger partial charge in [-0.05, 0) is 0 Å². The zero-order valence-electron chi connectivity index (χ0n) is 2.02. The van der Waals surface area contributed by atoms with Crippen molar-refractivity contribution in [1.82, 2.24) is 0 Å². The third-order valence-electron chi connectivity index (χ3n) is 0. The Morgan fingerprint density at radius 2 is 1.25 bits per heavy atom. The fourth-order valence-corrected chi connectivity index (χ4v) is 0. The van der Waals surface area contributed by atoms with E-state index in [0.29, 0.717) is 22.5 Å². The minimum atomic E-state index is -0.1000. The van der Waals surface area contributed by atoms with E-state index in [1.807, 2.05) is 0 Å². The van der Waals surface area contributed by atoms with Crippen LogP contribution in [0.2, 0.25) is 0 Å². The summed E-state index contributed by atoms with van der Waals surface area (Å²) >= 11 is 0.200. The molecule has 0 amide bonds. The molecule has 2 radical (unpaired) electrons. The Labute approximate surface area is 53.6 Å². The number of hydrogen-bond acceptors (Lipinski definition) is 2. The molecule has 0 rings (SSSR count). The summed E-state index contributed by atoms with van der Waals surface area (Å²) in [5.74, 6) is 0. The van der Waals surface area contributed by atoms with Crippen molar-refractivity contribution in [2.45, 2.75) is 0 Å². The van der Waals surface area contributed by atoms with Crippen molar-refractivity contribution < 1.29 is 31.5 Å². The molecule has 0 aromatic heterocycles. The number of rotatable bonds is 0. The van der Waals surface area contributed by atoms with Gasteiger partial charge in [-0.2, -0.15) is 0 Å². The first-order valence-electron chi connectivity index (χ1n) is 0.493. The van der Waals surface area contributed by atoms with Crippen molar-refractivity contribution in [3.05, 3.63) is 0 Å². The fourth-order valence-electron chi connectivity index (χ4n) is 0. The van der Waals surface area contributed by atoms with Gasteiger partial charge in [-0.25, -0.2) is 0 Å². The van der Waals surface area contributed by atoms with Crippen LogP contribution in [0.1, 0.15) is 0 Å². The van der Waals surface area contributed by atoms with Gasteiger partial charge in [-0.3, -0.25) is 0 Å². The first-order chi connectivity index (χ1) is 2.00. The molecule has 0 aliphatic rings. The van der Waals surface area contributed by atoms with E-state index in [1.165, 1.54) is 0 Å². The second-order valence-electron chi connectivity index (χ2n) is 0. The Morgan fingerprint density at radius 3 is 1.25 bits per heavy atom.